The van der Waals surface area contributed by atoms with Crippen LogP contribution >= 0.6 is 0 Å². The van der Waals surface area contributed by atoms with Gasteiger partial charge in [-0.15, -0.1) is 5.10 Å². The van der Waals surface area contributed by atoms with E-state index in [2.05, 4.69) is 15.6 Å². The van der Waals surface area contributed by atoms with Gasteiger partial charge < -0.3 is 15.8 Å². The molecule has 1 aliphatic heterocycles. The standard InChI is InChI=1S/C14H17N5O2/c15-14(5-9-21-10-6-14)13(20)17-11-3-1-2-4-12(11)19-8-7-16-18-19/h1-4,7-8H,5-6,9-10,15H2,(H,17,20). The number of nitrogens with zero attached hydrogens (tertiary/aromatic N) is 3. The van der Waals surface area contributed by atoms with Crippen molar-refractivity contribution in [3.05, 3.63) is 36.7 Å². The number of hydrogen-bond donors (Lipinski definition) is 2. The van der Waals surface area contributed by atoms with Crippen molar-refractivity contribution in [1.82, 2.24) is 15.0 Å². The van der Waals surface area contributed by atoms with Crippen molar-refractivity contribution in [2.75, 3.05) is 18.5 Å². The predicted molar refractivity (Wildman–Crippen MR) is 77.0 cm³/mol. The van der Waals surface area contributed by atoms with E-state index in [-0.39, 0.29) is 5.91 Å². The van der Waals surface area contributed by atoms with Gasteiger partial charge in [-0.25, -0.2) is 4.68 Å². The molecule has 7 heteroatoms. The van der Waals surface area contributed by atoms with Crippen LogP contribution in [-0.4, -0.2) is 39.7 Å². The zero-order chi connectivity index (χ0) is 14.7. The maximum atomic E-state index is 12.5. The summed E-state index contributed by atoms with van der Waals surface area (Å²) < 4.78 is 6.87. The van der Waals surface area contributed by atoms with Gasteiger partial charge in [-0.1, -0.05) is 17.3 Å². The Kier molecular flexibility index (Phi) is 3.68. The van der Waals surface area contributed by atoms with Crippen molar-refractivity contribution in [2.45, 2.75) is 18.4 Å². The normalized spacial score (nSPS) is 17.4. The average molecular weight is 287 g/mol. The molecule has 1 amide bonds. The van der Waals surface area contributed by atoms with Crippen LogP contribution < -0.4 is 11.1 Å². The first kappa shape index (κ1) is 13.7. The highest BCUT2D eigenvalue weighted by Gasteiger charge is 2.36. The lowest BCUT2D eigenvalue weighted by atomic mass is 9.90. The highest BCUT2D eigenvalue weighted by molar-refractivity contribution is 5.99. The number of anilines is 1. The molecule has 0 atom stereocenters. The van der Waals surface area contributed by atoms with E-state index in [1.54, 1.807) is 17.1 Å². The molecule has 1 saturated heterocycles. The number of nitrogens with one attached hydrogen (secondary N) is 1. The van der Waals surface area contributed by atoms with Crippen molar-refractivity contribution in [3.8, 4) is 5.69 Å². The van der Waals surface area contributed by atoms with Gasteiger partial charge in [0.05, 0.1) is 23.8 Å². The average Bonchev–Trinajstić information content (AvgIpc) is 3.02. The third-order valence-corrected chi connectivity index (χ3v) is 3.66. The van der Waals surface area contributed by atoms with E-state index >= 15 is 0 Å². The van der Waals surface area contributed by atoms with Crippen LogP contribution in [0, 0.1) is 0 Å². The van der Waals surface area contributed by atoms with Gasteiger partial charge in [0.25, 0.3) is 0 Å². The molecule has 0 aliphatic carbocycles. The number of benzene rings is 1. The van der Waals surface area contributed by atoms with Gasteiger partial charge in [0.1, 0.15) is 5.54 Å². The number of ether oxygens (including phenoxy) is 1. The smallest absolute Gasteiger partial charge is 0.244 e. The summed E-state index contributed by atoms with van der Waals surface area (Å²) in [5, 5.41) is 10.6. The summed E-state index contributed by atoms with van der Waals surface area (Å²) >= 11 is 0. The Labute approximate surface area is 122 Å². The van der Waals surface area contributed by atoms with Crippen LogP contribution in [0.4, 0.5) is 5.69 Å². The van der Waals surface area contributed by atoms with Crippen molar-refractivity contribution in [2.24, 2.45) is 5.73 Å². The molecular formula is C14H17N5O2. The molecular weight excluding hydrogens is 270 g/mol. The molecule has 0 spiro atoms. The van der Waals surface area contributed by atoms with Gasteiger partial charge in [-0.3, -0.25) is 4.79 Å². The highest BCUT2D eigenvalue weighted by atomic mass is 16.5. The minimum Gasteiger partial charge on any atom is -0.381 e. The molecule has 0 saturated carbocycles. The molecule has 1 aromatic carbocycles. The molecule has 1 aliphatic rings. The van der Waals surface area contributed by atoms with Crippen LogP contribution in [0.1, 0.15) is 12.8 Å². The maximum Gasteiger partial charge on any atom is 0.244 e. The Balaban J connectivity index is 1.83. The van der Waals surface area contributed by atoms with E-state index in [1.807, 2.05) is 24.3 Å². The first-order valence-corrected chi connectivity index (χ1v) is 6.83. The van der Waals surface area contributed by atoms with E-state index in [4.69, 9.17) is 10.5 Å². The molecule has 0 unspecified atom stereocenters. The third kappa shape index (κ3) is 2.79. The summed E-state index contributed by atoms with van der Waals surface area (Å²) in [5.74, 6) is -0.196. The molecule has 2 aromatic rings. The van der Waals surface area contributed by atoms with Crippen LogP contribution in [0.2, 0.25) is 0 Å². The summed E-state index contributed by atoms with van der Waals surface area (Å²) in [4.78, 5) is 12.5. The fraction of sp³-hybridized carbons (Fsp3) is 0.357. The molecule has 0 radical (unpaired) electrons. The van der Waals surface area contributed by atoms with E-state index in [0.717, 1.165) is 5.69 Å². The molecule has 3 rings (SSSR count). The molecule has 110 valence electrons. The topological polar surface area (TPSA) is 95.1 Å². The number of carbonyl (C=O) groups is 1. The third-order valence-electron chi connectivity index (χ3n) is 3.66. The van der Waals surface area contributed by atoms with Gasteiger partial charge in [0.15, 0.2) is 0 Å². The lowest BCUT2D eigenvalue weighted by Crippen LogP contribution is -2.54. The molecule has 7 nitrogen and oxygen atoms in total. The van der Waals surface area contributed by atoms with Gasteiger partial charge in [0.2, 0.25) is 5.91 Å². The van der Waals surface area contributed by atoms with Crippen LogP contribution in [0.15, 0.2) is 36.7 Å². The van der Waals surface area contributed by atoms with Crippen LogP contribution in [-0.2, 0) is 9.53 Å². The minimum absolute atomic E-state index is 0.196. The second-order valence-corrected chi connectivity index (χ2v) is 5.09. The summed E-state index contributed by atoms with van der Waals surface area (Å²) in [7, 11) is 0. The summed E-state index contributed by atoms with van der Waals surface area (Å²) in [5.41, 5.74) is 6.72. The SMILES string of the molecule is NC1(C(=O)Nc2ccccc2-n2ccnn2)CCOCC1. The molecule has 0 bridgehead atoms. The van der Waals surface area contributed by atoms with Gasteiger partial charge in [0, 0.05) is 13.2 Å². The number of aromatic nitrogens is 3. The Morgan fingerprint density at radius 1 is 1.33 bits per heavy atom. The van der Waals surface area contributed by atoms with Gasteiger partial charge in [-0.05, 0) is 25.0 Å². The van der Waals surface area contributed by atoms with Crippen LogP contribution in [0.25, 0.3) is 5.69 Å². The van der Waals surface area contributed by atoms with E-state index in [0.29, 0.717) is 31.7 Å². The lowest BCUT2D eigenvalue weighted by molar-refractivity contribution is -0.124. The fourth-order valence-corrected chi connectivity index (χ4v) is 2.33. The molecule has 3 N–H and O–H groups in total. The quantitative estimate of drug-likeness (QED) is 0.867. The Morgan fingerprint density at radius 2 is 2.10 bits per heavy atom. The Morgan fingerprint density at radius 3 is 2.81 bits per heavy atom. The molecule has 21 heavy (non-hydrogen) atoms. The summed E-state index contributed by atoms with van der Waals surface area (Å²) in [6.45, 7) is 1.02. The molecule has 2 heterocycles. The number of carbonyl (C=O) groups excluding carboxylic acids is 1. The zero-order valence-electron chi connectivity index (χ0n) is 11.5. The Hall–Kier alpha value is -2.25. The van der Waals surface area contributed by atoms with Gasteiger partial charge in [-0.2, -0.15) is 0 Å². The van der Waals surface area contributed by atoms with E-state index in [1.165, 1.54) is 0 Å². The van der Waals surface area contributed by atoms with Crippen molar-refractivity contribution >= 4 is 11.6 Å². The number of hydrogen-bond acceptors (Lipinski definition) is 5. The number of para-hydroxylation sites is 2. The maximum absolute atomic E-state index is 12.5. The summed E-state index contributed by atoms with van der Waals surface area (Å²) in [6.07, 6.45) is 4.34. The number of rotatable bonds is 3. The van der Waals surface area contributed by atoms with E-state index < -0.39 is 5.54 Å². The number of nitrogens with two attached hydrogens (primary N) is 1. The Bertz CT molecular complexity index is 620. The second-order valence-electron chi connectivity index (χ2n) is 5.09. The van der Waals surface area contributed by atoms with Crippen LogP contribution in [0.3, 0.4) is 0 Å². The largest absolute Gasteiger partial charge is 0.381 e. The first-order chi connectivity index (χ1) is 10.2. The first-order valence-electron chi connectivity index (χ1n) is 6.83. The predicted octanol–water partition coefficient (Wildman–Crippen LogP) is 0.714. The highest BCUT2D eigenvalue weighted by Crippen LogP contribution is 2.23. The minimum atomic E-state index is -0.881. The van der Waals surface area contributed by atoms with Crippen molar-refractivity contribution < 1.29 is 9.53 Å². The summed E-state index contributed by atoms with van der Waals surface area (Å²) in [6, 6.07) is 7.40. The van der Waals surface area contributed by atoms with E-state index in [9.17, 15) is 4.79 Å². The zero-order valence-corrected chi connectivity index (χ0v) is 11.5. The van der Waals surface area contributed by atoms with Crippen molar-refractivity contribution in [3.63, 3.8) is 0 Å². The van der Waals surface area contributed by atoms with Crippen molar-refractivity contribution in [1.29, 1.82) is 0 Å². The lowest BCUT2D eigenvalue weighted by Gasteiger charge is -2.32. The monoisotopic (exact) mass is 287 g/mol. The molecule has 1 aromatic heterocycles. The number of amides is 1. The van der Waals surface area contributed by atoms with Crippen LogP contribution in [0.5, 0.6) is 0 Å². The molecule has 1 fully saturated rings. The van der Waals surface area contributed by atoms with Gasteiger partial charge >= 0.3 is 0 Å². The fourth-order valence-electron chi connectivity index (χ4n) is 2.33. The second kappa shape index (κ2) is 5.63.